The van der Waals surface area contributed by atoms with Crippen molar-refractivity contribution in [2.45, 2.75) is 6.92 Å². The van der Waals surface area contributed by atoms with E-state index in [2.05, 4.69) is 4.99 Å². The van der Waals surface area contributed by atoms with Crippen LogP contribution in [0.5, 0.6) is 0 Å². The summed E-state index contributed by atoms with van der Waals surface area (Å²) in [6, 6.07) is 0. The minimum absolute atomic E-state index is 0.346. The fourth-order valence-electron chi connectivity index (χ4n) is 0.750. The van der Waals surface area contributed by atoms with Crippen LogP contribution in [0.25, 0.3) is 0 Å². The number of carboxylic acid groups (broad SMARTS) is 1. The van der Waals surface area contributed by atoms with E-state index in [0.29, 0.717) is 6.54 Å². The summed E-state index contributed by atoms with van der Waals surface area (Å²) < 4.78 is 0. The van der Waals surface area contributed by atoms with Crippen molar-refractivity contribution in [3.8, 4) is 0 Å². The smallest absolute Gasteiger partial charge is 0.315 e. The van der Waals surface area contributed by atoms with Crippen LogP contribution in [0.1, 0.15) is 6.92 Å². The molecule has 3 heteroatoms. The summed E-state index contributed by atoms with van der Waals surface area (Å²) >= 11 is 0. The summed E-state index contributed by atoms with van der Waals surface area (Å²) in [7, 11) is 0. The van der Waals surface area contributed by atoms with Gasteiger partial charge in [0.1, 0.15) is 5.41 Å². The second-order valence-electron chi connectivity index (χ2n) is 2.57. The topological polar surface area (TPSA) is 49.7 Å². The molecule has 0 fully saturated rings. The molecule has 0 aromatic carbocycles. The van der Waals surface area contributed by atoms with E-state index >= 15 is 0 Å². The average Bonchev–Trinajstić information content (AvgIpc) is 1.89. The lowest BCUT2D eigenvalue weighted by Gasteiger charge is -2.19. The van der Waals surface area contributed by atoms with E-state index in [9.17, 15) is 4.79 Å². The van der Waals surface area contributed by atoms with Gasteiger partial charge in [-0.05, 0) is 13.0 Å². The Morgan fingerprint density at radius 1 is 1.80 bits per heavy atom. The SMILES string of the molecule is C[C@@]1(C(=O)O)C=CC=NC1. The molecular weight excluding hydrogens is 130 g/mol. The molecule has 1 N–H and O–H groups in total. The number of rotatable bonds is 1. The second-order valence-corrected chi connectivity index (χ2v) is 2.57. The Labute approximate surface area is 59.1 Å². The summed E-state index contributed by atoms with van der Waals surface area (Å²) in [6.07, 6.45) is 4.94. The first-order valence-electron chi connectivity index (χ1n) is 3.06. The molecule has 0 saturated heterocycles. The lowest BCUT2D eigenvalue weighted by atomic mass is 9.89. The fraction of sp³-hybridized carbons (Fsp3) is 0.429. The number of aliphatic carboxylic acids is 1. The largest absolute Gasteiger partial charge is 0.481 e. The molecule has 0 unspecified atom stereocenters. The van der Waals surface area contributed by atoms with Gasteiger partial charge in [-0.1, -0.05) is 6.08 Å². The number of aliphatic imine (C=N–C) groups is 1. The molecule has 0 bridgehead atoms. The average molecular weight is 139 g/mol. The lowest BCUT2D eigenvalue weighted by molar-refractivity contribution is -0.144. The zero-order chi connectivity index (χ0) is 7.61. The first kappa shape index (κ1) is 6.99. The second kappa shape index (κ2) is 2.25. The molecule has 0 saturated carbocycles. The number of nitrogens with zero attached hydrogens (tertiary/aromatic N) is 1. The van der Waals surface area contributed by atoms with Gasteiger partial charge in [-0.3, -0.25) is 9.79 Å². The normalized spacial score (nSPS) is 30.5. The molecule has 0 amide bonds. The Hall–Kier alpha value is -1.12. The number of allylic oxidation sites excluding steroid dienone is 1. The summed E-state index contributed by atoms with van der Waals surface area (Å²) in [4.78, 5) is 14.4. The summed E-state index contributed by atoms with van der Waals surface area (Å²) in [6.45, 7) is 2.00. The van der Waals surface area contributed by atoms with Crippen molar-refractivity contribution >= 4 is 12.2 Å². The maximum Gasteiger partial charge on any atom is 0.315 e. The van der Waals surface area contributed by atoms with E-state index < -0.39 is 11.4 Å². The molecule has 10 heavy (non-hydrogen) atoms. The van der Waals surface area contributed by atoms with E-state index in [4.69, 9.17) is 5.11 Å². The van der Waals surface area contributed by atoms with Crippen molar-refractivity contribution in [2.24, 2.45) is 10.4 Å². The highest BCUT2D eigenvalue weighted by Gasteiger charge is 2.30. The third-order valence-corrected chi connectivity index (χ3v) is 1.56. The Bertz CT molecular complexity index is 208. The van der Waals surface area contributed by atoms with E-state index in [0.717, 1.165) is 0 Å². The Morgan fingerprint density at radius 3 is 2.80 bits per heavy atom. The molecule has 0 spiro atoms. The predicted octanol–water partition coefficient (Wildman–Crippen LogP) is 0.718. The number of carboxylic acids is 1. The first-order chi connectivity index (χ1) is 4.65. The maximum atomic E-state index is 10.6. The fourth-order valence-corrected chi connectivity index (χ4v) is 0.750. The Morgan fingerprint density at radius 2 is 2.50 bits per heavy atom. The van der Waals surface area contributed by atoms with Crippen molar-refractivity contribution in [1.29, 1.82) is 0 Å². The lowest BCUT2D eigenvalue weighted by Crippen LogP contribution is -2.29. The van der Waals surface area contributed by atoms with Gasteiger partial charge in [0, 0.05) is 6.21 Å². The molecule has 3 nitrogen and oxygen atoms in total. The van der Waals surface area contributed by atoms with Crippen molar-refractivity contribution in [3.05, 3.63) is 12.2 Å². The maximum absolute atomic E-state index is 10.6. The number of carbonyl (C=O) groups is 1. The molecule has 1 aliphatic heterocycles. The highest BCUT2D eigenvalue weighted by molar-refractivity contribution is 5.82. The molecule has 1 aliphatic rings. The first-order valence-corrected chi connectivity index (χ1v) is 3.06. The van der Waals surface area contributed by atoms with E-state index in [-0.39, 0.29) is 0 Å². The van der Waals surface area contributed by atoms with Gasteiger partial charge in [-0.2, -0.15) is 0 Å². The van der Waals surface area contributed by atoms with Gasteiger partial charge >= 0.3 is 5.97 Å². The van der Waals surface area contributed by atoms with Gasteiger partial charge in [-0.15, -0.1) is 0 Å². The highest BCUT2D eigenvalue weighted by Crippen LogP contribution is 2.20. The molecule has 1 rings (SSSR count). The molecule has 54 valence electrons. The van der Waals surface area contributed by atoms with Crippen LogP contribution in [0, 0.1) is 5.41 Å². The van der Waals surface area contributed by atoms with Crippen LogP contribution in [0.4, 0.5) is 0 Å². The third kappa shape index (κ3) is 1.07. The van der Waals surface area contributed by atoms with Gasteiger partial charge in [0.2, 0.25) is 0 Å². The summed E-state index contributed by atoms with van der Waals surface area (Å²) in [5.74, 6) is -0.819. The van der Waals surface area contributed by atoms with Crippen LogP contribution in [0.2, 0.25) is 0 Å². The van der Waals surface area contributed by atoms with Gasteiger partial charge in [-0.25, -0.2) is 0 Å². The number of dihydropyridines is 1. The van der Waals surface area contributed by atoms with Crippen molar-refractivity contribution in [3.63, 3.8) is 0 Å². The minimum atomic E-state index is -0.819. The highest BCUT2D eigenvalue weighted by atomic mass is 16.4. The molecule has 0 aromatic rings. The van der Waals surface area contributed by atoms with E-state index in [1.807, 2.05) is 0 Å². The van der Waals surface area contributed by atoms with Gasteiger partial charge in [0.15, 0.2) is 0 Å². The van der Waals surface area contributed by atoms with Crippen LogP contribution in [-0.4, -0.2) is 23.8 Å². The van der Waals surface area contributed by atoms with Crippen LogP contribution in [0.3, 0.4) is 0 Å². The third-order valence-electron chi connectivity index (χ3n) is 1.56. The standard InChI is InChI=1S/C7H9NO2/c1-7(6(9)10)3-2-4-8-5-7/h2-4H,5H2,1H3,(H,9,10)/t7-/m1/s1. The van der Waals surface area contributed by atoms with Gasteiger partial charge in [0.05, 0.1) is 6.54 Å². The predicted molar refractivity (Wildman–Crippen MR) is 38.2 cm³/mol. The Balaban J connectivity index is 2.80. The molecule has 0 aliphatic carbocycles. The van der Waals surface area contributed by atoms with Crippen molar-refractivity contribution in [1.82, 2.24) is 0 Å². The minimum Gasteiger partial charge on any atom is -0.481 e. The molecular formula is C7H9NO2. The van der Waals surface area contributed by atoms with Gasteiger partial charge in [0.25, 0.3) is 0 Å². The van der Waals surface area contributed by atoms with E-state index in [1.165, 1.54) is 0 Å². The van der Waals surface area contributed by atoms with Crippen LogP contribution in [0.15, 0.2) is 17.1 Å². The molecule has 1 atom stereocenters. The van der Waals surface area contributed by atoms with Crippen molar-refractivity contribution in [2.75, 3.05) is 6.54 Å². The van der Waals surface area contributed by atoms with Gasteiger partial charge < -0.3 is 5.11 Å². The number of hydrogen-bond donors (Lipinski definition) is 1. The van der Waals surface area contributed by atoms with Crippen LogP contribution >= 0.6 is 0 Å². The summed E-state index contributed by atoms with van der Waals surface area (Å²) in [5, 5.41) is 8.67. The zero-order valence-electron chi connectivity index (χ0n) is 5.74. The van der Waals surface area contributed by atoms with E-state index in [1.54, 1.807) is 25.3 Å². The quantitative estimate of drug-likeness (QED) is 0.581. The monoisotopic (exact) mass is 139 g/mol. The molecule has 0 aromatic heterocycles. The number of hydrogen-bond acceptors (Lipinski definition) is 2. The Kier molecular flexibility index (Phi) is 1.57. The molecule has 1 heterocycles. The van der Waals surface area contributed by atoms with Crippen LogP contribution in [-0.2, 0) is 4.79 Å². The molecule has 0 radical (unpaired) electrons. The zero-order valence-corrected chi connectivity index (χ0v) is 5.74. The van der Waals surface area contributed by atoms with Crippen LogP contribution < -0.4 is 0 Å². The van der Waals surface area contributed by atoms with Crippen molar-refractivity contribution < 1.29 is 9.90 Å². The summed E-state index contributed by atoms with van der Waals surface area (Å²) in [5.41, 5.74) is -0.783.